The molecule has 0 aliphatic rings. The van der Waals surface area contributed by atoms with Crippen LogP contribution in [-0.2, 0) is 16.1 Å². The molecule has 202 valence electrons. The molecule has 0 unspecified atom stereocenters. The van der Waals surface area contributed by atoms with E-state index in [0.717, 1.165) is 33.8 Å². The number of rotatable bonds is 10. The molecular weight excluding hydrogens is 516 g/mol. The zero-order valence-electron chi connectivity index (χ0n) is 22.0. The fourth-order valence-corrected chi connectivity index (χ4v) is 4.64. The van der Waals surface area contributed by atoms with E-state index in [1.165, 1.54) is 0 Å². The van der Waals surface area contributed by atoms with Gasteiger partial charge in [-0.1, -0.05) is 54.6 Å². The van der Waals surface area contributed by atoms with Crippen LogP contribution >= 0.6 is 0 Å². The number of amides is 1. The second-order valence-corrected chi connectivity index (χ2v) is 9.35. The first-order chi connectivity index (χ1) is 20.2. The number of aromatic amines is 1. The largest absolute Gasteiger partial charge is 0.483 e. The van der Waals surface area contributed by atoms with Crippen LogP contribution in [0.15, 0.2) is 103 Å². The van der Waals surface area contributed by atoms with Crippen LogP contribution in [0.5, 0.6) is 5.75 Å². The van der Waals surface area contributed by atoms with Crippen molar-refractivity contribution >= 4 is 45.5 Å². The van der Waals surface area contributed by atoms with Crippen LogP contribution in [0.25, 0.3) is 33.2 Å². The van der Waals surface area contributed by atoms with Gasteiger partial charge in [0.15, 0.2) is 12.4 Å². The van der Waals surface area contributed by atoms with Crippen molar-refractivity contribution in [2.24, 2.45) is 0 Å². The number of fused-ring (bicyclic) bond motifs is 2. The molecule has 1 amide bonds. The molecule has 4 aromatic carbocycles. The predicted molar refractivity (Wildman–Crippen MR) is 158 cm³/mol. The van der Waals surface area contributed by atoms with Gasteiger partial charge in [-0.2, -0.15) is 5.10 Å². The highest BCUT2D eigenvalue weighted by molar-refractivity contribution is 5.95. The molecule has 6 aromatic rings. The smallest absolute Gasteiger partial charge is 0.258 e. The summed E-state index contributed by atoms with van der Waals surface area (Å²) in [5, 5.41) is 11.7. The number of carbonyl (C=O) groups excluding carboxylic acids is 2. The van der Waals surface area contributed by atoms with Gasteiger partial charge < -0.3 is 19.7 Å². The van der Waals surface area contributed by atoms with Gasteiger partial charge in [-0.25, -0.2) is 9.97 Å². The van der Waals surface area contributed by atoms with E-state index in [9.17, 15) is 9.59 Å². The minimum Gasteiger partial charge on any atom is -0.483 e. The van der Waals surface area contributed by atoms with Gasteiger partial charge in [0.25, 0.3) is 5.91 Å². The van der Waals surface area contributed by atoms with E-state index in [1.807, 2.05) is 95.9 Å². The number of hydrogen-bond donors (Lipinski definition) is 2. The molecule has 6 rings (SSSR count). The van der Waals surface area contributed by atoms with E-state index in [4.69, 9.17) is 14.7 Å². The molecule has 0 aliphatic carbocycles. The zero-order chi connectivity index (χ0) is 28.0. The highest BCUT2D eigenvalue weighted by Gasteiger charge is 2.19. The lowest BCUT2D eigenvalue weighted by Crippen LogP contribution is -2.28. The Kier molecular flexibility index (Phi) is 7.31. The summed E-state index contributed by atoms with van der Waals surface area (Å²) < 4.78 is 5.95. The maximum Gasteiger partial charge on any atom is 0.258 e. The summed E-state index contributed by atoms with van der Waals surface area (Å²) in [6, 6.07) is 30.5. The van der Waals surface area contributed by atoms with E-state index in [0.29, 0.717) is 35.0 Å². The summed E-state index contributed by atoms with van der Waals surface area (Å²) in [6.07, 6.45) is 2.59. The number of nitrogens with zero attached hydrogens (tertiary/aromatic N) is 4. The third-order valence-electron chi connectivity index (χ3n) is 6.65. The first-order valence-corrected chi connectivity index (χ1v) is 13.1. The molecule has 9 nitrogen and oxygen atoms in total. The van der Waals surface area contributed by atoms with Crippen molar-refractivity contribution in [3.63, 3.8) is 0 Å². The standard InChI is InChI=1S/C32H26N6O3/c39-17-16-38(24-14-15-27-23(18-24)20-34-37-27)32-25-10-4-6-12-28(25)35-31(36-32)26-11-5-7-13-29(26)41-21-30(40)33-19-22-8-2-1-3-9-22/h1-15,17-18,20H,16,19,21H2,(H,33,40)(H,34,37). The zero-order valence-corrected chi connectivity index (χ0v) is 22.0. The number of aldehydes is 1. The quantitative estimate of drug-likeness (QED) is 0.229. The van der Waals surface area contributed by atoms with Crippen molar-refractivity contribution in [3.8, 4) is 17.1 Å². The predicted octanol–water partition coefficient (Wildman–Crippen LogP) is 5.21. The summed E-state index contributed by atoms with van der Waals surface area (Å²) in [5.41, 5.74) is 4.03. The topological polar surface area (TPSA) is 113 Å². The number of carbonyl (C=O) groups is 2. The minimum absolute atomic E-state index is 0.0868. The Balaban J connectivity index is 1.33. The van der Waals surface area contributed by atoms with Crippen LogP contribution in [0.2, 0.25) is 0 Å². The van der Waals surface area contributed by atoms with E-state index < -0.39 is 0 Å². The van der Waals surface area contributed by atoms with Crippen molar-refractivity contribution < 1.29 is 14.3 Å². The van der Waals surface area contributed by atoms with Crippen molar-refractivity contribution in [2.45, 2.75) is 6.54 Å². The lowest BCUT2D eigenvalue weighted by molar-refractivity contribution is -0.123. The molecule has 2 aromatic heterocycles. The number of hydrogen-bond acceptors (Lipinski definition) is 7. The summed E-state index contributed by atoms with van der Waals surface area (Å²) >= 11 is 0. The van der Waals surface area contributed by atoms with E-state index >= 15 is 0 Å². The molecule has 0 fully saturated rings. The average molecular weight is 543 g/mol. The number of nitrogens with one attached hydrogen (secondary N) is 2. The Morgan fingerprint density at radius 1 is 0.927 bits per heavy atom. The average Bonchev–Trinajstić information content (AvgIpc) is 3.50. The number of benzene rings is 4. The van der Waals surface area contributed by atoms with Gasteiger partial charge in [0, 0.05) is 23.0 Å². The molecule has 2 N–H and O–H groups in total. The molecule has 2 heterocycles. The number of para-hydroxylation sites is 2. The van der Waals surface area contributed by atoms with Gasteiger partial charge >= 0.3 is 0 Å². The molecule has 0 aliphatic heterocycles. The van der Waals surface area contributed by atoms with Gasteiger partial charge in [-0.15, -0.1) is 0 Å². The van der Waals surface area contributed by atoms with Crippen LogP contribution in [0.1, 0.15) is 5.56 Å². The summed E-state index contributed by atoms with van der Waals surface area (Å²) in [5.74, 6) is 1.23. The maximum absolute atomic E-state index is 12.5. The van der Waals surface area contributed by atoms with Crippen LogP contribution in [-0.4, -0.2) is 45.5 Å². The lowest BCUT2D eigenvalue weighted by atomic mass is 10.1. The fraction of sp³-hybridized carbons (Fsp3) is 0.0938. The van der Waals surface area contributed by atoms with E-state index in [-0.39, 0.29) is 19.1 Å². The lowest BCUT2D eigenvalue weighted by Gasteiger charge is -2.24. The molecule has 0 spiro atoms. The maximum atomic E-state index is 12.5. The summed E-state index contributed by atoms with van der Waals surface area (Å²) in [4.78, 5) is 36.0. The number of ether oxygens (including phenoxy) is 1. The summed E-state index contributed by atoms with van der Waals surface area (Å²) in [6.45, 7) is 0.342. The van der Waals surface area contributed by atoms with Crippen LogP contribution in [0.4, 0.5) is 11.5 Å². The molecular formula is C32H26N6O3. The first kappa shape index (κ1) is 25.7. The van der Waals surface area contributed by atoms with Crippen LogP contribution < -0.4 is 15.0 Å². The number of H-pyrrole nitrogens is 1. The van der Waals surface area contributed by atoms with Crippen molar-refractivity contribution in [2.75, 3.05) is 18.1 Å². The second kappa shape index (κ2) is 11.7. The molecule has 0 radical (unpaired) electrons. The molecule has 41 heavy (non-hydrogen) atoms. The normalized spacial score (nSPS) is 10.9. The Bertz CT molecular complexity index is 1840. The fourth-order valence-electron chi connectivity index (χ4n) is 4.64. The van der Waals surface area contributed by atoms with Gasteiger partial charge in [0.1, 0.15) is 17.9 Å². The monoisotopic (exact) mass is 542 g/mol. The SMILES string of the molecule is O=CCN(c1ccc2[nH]ncc2c1)c1nc(-c2ccccc2OCC(=O)NCc2ccccc2)nc2ccccc12. The van der Waals surface area contributed by atoms with Crippen molar-refractivity contribution in [3.05, 3.63) is 109 Å². The van der Waals surface area contributed by atoms with Gasteiger partial charge in [-0.05, 0) is 48.0 Å². The van der Waals surface area contributed by atoms with E-state index in [1.54, 1.807) is 12.3 Å². The summed E-state index contributed by atoms with van der Waals surface area (Å²) in [7, 11) is 0. The Hall–Kier alpha value is -5.57. The second-order valence-electron chi connectivity index (χ2n) is 9.35. The third kappa shape index (κ3) is 5.60. The van der Waals surface area contributed by atoms with Crippen molar-refractivity contribution in [1.29, 1.82) is 0 Å². The van der Waals surface area contributed by atoms with Gasteiger partial charge in [-0.3, -0.25) is 9.89 Å². The molecule has 0 bridgehead atoms. The number of aromatic nitrogens is 4. The molecule has 0 saturated heterocycles. The highest BCUT2D eigenvalue weighted by atomic mass is 16.5. The Labute approximate surface area is 235 Å². The first-order valence-electron chi connectivity index (χ1n) is 13.1. The Morgan fingerprint density at radius 2 is 1.73 bits per heavy atom. The molecule has 0 saturated carbocycles. The molecule has 0 atom stereocenters. The van der Waals surface area contributed by atoms with Gasteiger partial charge in [0.2, 0.25) is 0 Å². The van der Waals surface area contributed by atoms with Crippen LogP contribution in [0, 0.1) is 0 Å². The Morgan fingerprint density at radius 3 is 2.61 bits per heavy atom. The van der Waals surface area contributed by atoms with Crippen LogP contribution in [0.3, 0.4) is 0 Å². The van der Waals surface area contributed by atoms with E-state index in [2.05, 4.69) is 15.5 Å². The van der Waals surface area contributed by atoms with Crippen molar-refractivity contribution in [1.82, 2.24) is 25.5 Å². The van der Waals surface area contributed by atoms with Gasteiger partial charge in [0.05, 0.1) is 29.3 Å². The number of anilines is 2. The minimum atomic E-state index is -0.240. The molecule has 9 heteroatoms. The third-order valence-corrected chi connectivity index (χ3v) is 6.65. The highest BCUT2D eigenvalue weighted by Crippen LogP contribution is 2.35.